The van der Waals surface area contributed by atoms with Crippen LogP contribution in [0, 0.1) is 3.57 Å². The fraction of sp³-hybridized carbons (Fsp3) is 0.333. The minimum absolute atomic E-state index is 0.319. The fourth-order valence-electron chi connectivity index (χ4n) is 2.83. The van der Waals surface area contributed by atoms with Crippen LogP contribution < -0.4 is 9.64 Å². The second-order valence-corrected chi connectivity index (χ2v) is 7.65. The number of aromatic nitrogens is 1. The van der Waals surface area contributed by atoms with Crippen molar-refractivity contribution in [3.8, 4) is 5.75 Å². The molecule has 0 spiro atoms. The first-order valence-electron chi connectivity index (χ1n) is 9.30. The molecule has 1 N–H and O–H groups in total. The Kier molecular flexibility index (Phi) is 7.32. The molecule has 0 aliphatic heterocycles. The number of benzene rings is 2. The van der Waals surface area contributed by atoms with Crippen molar-refractivity contribution in [2.75, 3.05) is 31.7 Å². The minimum Gasteiger partial charge on any atom is -0.491 e. The van der Waals surface area contributed by atoms with Crippen LogP contribution in [-0.4, -0.2) is 49.0 Å². The van der Waals surface area contributed by atoms with Gasteiger partial charge >= 0.3 is 5.97 Å². The van der Waals surface area contributed by atoms with E-state index in [1.165, 1.54) is 0 Å². The first-order chi connectivity index (χ1) is 14.0. The number of fused-ring (bicyclic) bond motifs is 1. The van der Waals surface area contributed by atoms with E-state index in [0.717, 1.165) is 26.0 Å². The van der Waals surface area contributed by atoms with Gasteiger partial charge in [0.15, 0.2) is 11.7 Å². The van der Waals surface area contributed by atoms with Crippen LogP contribution >= 0.6 is 22.6 Å². The van der Waals surface area contributed by atoms with Crippen LogP contribution in [0.5, 0.6) is 5.75 Å². The van der Waals surface area contributed by atoms with Crippen LogP contribution in [0.1, 0.15) is 12.5 Å². The summed E-state index contributed by atoms with van der Waals surface area (Å²) in [6.07, 6.45) is -0.521. The smallest absolute Gasteiger partial charge is 0.333 e. The predicted molar refractivity (Wildman–Crippen MR) is 119 cm³/mol. The third kappa shape index (κ3) is 5.60. The molecule has 1 aromatic heterocycles. The van der Waals surface area contributed by atoms with Crippen LogP contribution in [0.3, 0.4) is 0 Å². The van der Waals surface area contributed by atoms with Crippen LogP contribution in [-0.2, 0) is 16.0 Å². The van der Waals surface area contributed by atoms with E-state index >= 15 is 0 Å². The van der Waals surface area contributed by atoms with E-state index in [1.54, 1.807) is 6.92 Å². The quantitative estimate of drug-likeness (QED) is 0.413. The molecular formula is C21H23IN2O5. The number of hydrogen-bond donors (Lipinski definition) is 1. The van der Waals surface area contributed by atoms with Crippen molar-refractivity contribution in [3.05, 3.63) is 51.6 Å². The molecule has 1 heterocycles. The van der Waals surface area contributed by atoms with Crippen LogP contribution in [0.15, 0.2) is 46.9 Å². The SMILES string of the molecule is CCO[C@@H](Cc1ccc(OCCN(C)c2nc3ccccc3o2)c(I)c1)C(=O)O. The van der Waals surface area contributed by atoms with Gasteiger partial charge in [-0.3, -0.25) is 0 Å². The molecule has 0 fully saturated rings. The number of para-hydroxylation sites is 2. The van der Waals surface area contributed by atoms with Crippen molar-refractivity contribution < 1.29 is 23.8 Å². The molecule has 0 radical (unpaired) electrons. The summed E-state index contributed by atoms with van der Waals surface area (Å²) < 4.78 is 17.8. The standard InChI is InChI=1S/C21H23IN2O5/c1-3-27-19(20(25)26)13-14-8-9-17(15(22)12-14)28-11-10-24(2)21-23-16-6-4-5-7-18(16)29-21/h4-9,12,19H,3,10-11,13H2,1-2H3,(H,25,26)/t19-/m0/s1. The summed E-state index contributed by atoms with van der Waals surface area (Å²) >= 11 is 2.19. The fourth-order valence-corrected chi connectivity index (χ4v) is 3.57. The Morgan fingerprint density at radius 1 is 1.31 bits per heavy atom. The number of carbonyl (C=O) groups is 1. The van der Waals surface area contributed by atoms with Gasteiger partial charge in [-0.25, -0.2) is 4.79 Å². The lowest BCUT2D eigenvalue weighted by molar-refractivity contribution is -0.149. The van der Waals surface area contributed by atoms with Gasteiger partial charge in [-0.2, -0.15) is 4.98 Å². The van der Waals surface area contributed by atoms with Crippen LogP contribution in [0.25, 0.3) is 11.1 Å². The third-order valence-electron chi connectivity index (χ3n) is 4.35. The number of aliphatic carboxylic acids is 1. The summed E-state index contributed by atoms with van der Waals surface area (Å²) in [4.78, 5) is 17.6. The summed E-state index contributed by atoms with van der Waals surface area (Å²) in [6.45, 7) is 3.22. The van der Waals surface area contributed by atoms with Crippen molar-refractivity contribution in [2.45, 2.75) is 19.4 Å². The topological polar surface area (TPSA) is 85.0 Å². The molecule has 0 saturated heterocycles. The molecule has 0 amide bonds. The number of rotatable bonds is 10. The first kappa shape index (κ1) is 21.4. The molecule has 1 atom stereocenters. The molecule has 0 aliphatic carbocycles. The maximum absolute atomic E-state index is 11.3. The summed E-state index contributed by atoms with van der Waals surface area (Å²) in [5.41, 5.74) is 2.48. The summed E-state index contributed by atoms with van der Waals surface area (Å²) in [6, 6.07) is 13.9. The van der Waals surface area contributed by atoms with Gasteiger partial charge in [0.05, 0.1) is 10.1 Å². The van der Waals surface area contributed by atoms with Crippen molar-refractivity contribution >= 4 is 45.7 Å². The van der Waals surface area contributed by atoms with Crippen molar-refractivity contribution in [1.82, 2.24) is 4.98 Å². The zero-order chi connectivity index (χ0) is 20.8. The Labute approximate surface area is 182 Å². The lowest BCUT2D eigenvalue weighted by Crippen LogP contribution is -2.26. The summed E-state index contributed by atoms with van der Waals surface area (Å²) in [5, 5.41) is 9.23. The number of ether oxygens (including phenoxy) is 2. The van der Waals surface area contributed by atoms with E-state index in [-0.39, 0.29) is 0 Å². The van der Waals surface area contributed by atoms with Crippen LogP contribution in [0.2, 0.25) is 0 Å². The molecule has 0 bridgehead atoms. The number of anilines is 1. The summed E-state index contributed by atoms with van der Waals surface area (Å²) in [5.74, 6) is -0.201. The van der Waals surface area contributed by atoms with Gasteiger partial charge in [-0.05, 0) is 59.3 Å². The second-order valence-electron chi connectivity index (χ2n) is 6.49. The first-order valence-corrected chi connectivity index (χ1v) is 10.4. The van der Waals surface area contributed by atoms with Gasteiger partial charge in [0.1, 0.15) is 17.9 Å². The Morgan fingerprint density at radius 3 is 2.79 bits per heavy atom. The average molecular weight is 510 g/mol. The van der Waals surface area contributed by atoms with E-state index < -0.39 is 12.1 Å². The van der Waals surface area contributed by atoms with Gasteiger partial charge in [-0.15, -0.1) is 0 Å². The summed E-state index contributed by atoms with van der Waals surface area (Å²) in [7, 11) is 1.90. The Hall–Kier alpha value is -2.33. The molecule has 29 heavy (non-hydrogen) atoms. The van der Waals surface area contributed by atoms with Crippen molar-refractivity contribution in [3.63, 3.8) is 0 Å². The van der Waals surface area contributed by atoms with E-state index in [9.17, 15) is 9.90 Å². The van der Waals surface area contributed by atoms with Gasteiger partial charge in [0, 0.05) is 20.1 Å². The number of nitrogens with zero attached hydrogens (tertiary/aromatic N) is 2. The van der Waals surface area contributed by atoms with Crippen molar-refractivity contribution in [1.29, 1.82) is 0 Å². The highest BCUT2D eigenvalue weighted by molar-refractivity contribution is 14.1. The zero-order valence-electron chi connectivity index (χ0n) is 16.3. The zero-order valence-corrected chi connectivity index (χ0v) is 18.5. The number of halogens is 1. The molecule has 2 aromatic carbocycles. The lowest BCUT2D eigenvalue weighted by Gasteiger charge is -2.16. The normalized spacial score (nSPS) is 12.1. The number of carboxylic acids is 1. The minimum atomic E-state index is -0.954. The highest BCUT2D eigenvalue weighted by atomic mass is 127. The average Bonchev–Trinajstić information content (AvgIpc) is 3.13. The predicted octanol–water partition coefficient (Wildman–Crippen LogP) is 3.98. The third-order valence-corrected chi connectivity index (χ3v) is 5.20. The molecule has 3 rings (SSSR count). The molecule has 0 unspecified atom stereocenters. The van der Waals surface area contributed by atoms with Gasteiger partial charge < -0.3 is 23.9 Å². The maximum atomic E-state index is 11.3. The lowest BCUT2D eigenvalue weighted by atomic mass is 10.1. The Bertz CT molecular complexity index is 942. The Morgan fingerprint density at radius 2 is 2.10 bits per heavy atom. The van der Waals surface area contributed by atoms with Crippen molar-refractivity contribution in [2.24, 2.45) is 0 Å². The molecule has 3 aromatic rings. The highest BCUT2D eigenvalue weighted by Gasteiger charge is 2.18. The number of likely N-dealkylation sites (N-methyl/N-ethyl adjacent to an activating group) is 1. The Balaban J connectivity index is 1.55. The van der Waals surface area contributed by atoms with E-state index in [4.69, 9.17) is 13.9 Å². The largest absolute Gasteiger partial charge is 0.491 e. The number of carboxylic acid groups (broad SMARTS) is 1. The molecule has 8 heteroatoms. The number of oxazole rings is 1. The monoisotopic (exact) mass is 510 g/mol. The molecule has 0 saturated carbocycles. The van der Waals surface area contributed by atoms with E-state index in [0.29, 0.717) is 32.2 Å². The highest BCUT2D eigenvalue weighted by Crippen LogP contribution is 2.24. The molecule has 0 aliphatic rings. The van der Waals surface area contributed by atoms with E-state index in [2.05, 4.69) is 27.6 Å². The number of hydrogen-bond acceptors (Lipinski definition) is 6. The van der Waals surface area contributed by atoms with Gasteiger partial charge in [0.25, 0.3) is 6.01 Å². The maximum Gasteiger partial charge on any atom is 0.333 e. The molecular weight excluding hydrogens is 487 g/mol. The molecule has 7 nitrogen and oxygen atoms in total. The van der Waals surface area contributed by atoms with Crippen LogP contribution in [0.4, 0.5) is 6.01 Å². The molecule has 154 valence electrons. The second kappa shape index (κ2) is 9.93. The van der Waals surface area contributed by atoms with E-state index in [1.807, 2.05) is 54.4 Å². The van der Waals surface area contributed by atoms with Gasteiger partial charge in [-0.1, -0.05) is 18.2 Å². The van der Waals surface area contributed by atoms with Gasteiger partial charge in [0.2, 0.25) is 0 Å².